The molecule has 3 aromatic rings. The molecule has 0 heterocycles. The Morgan fingerprint density at radius 2 is 1.60 bits per heavy atom. The number of hydrogen-bond donors (Lipinski definition) is 1. The highest BCUT2D eigenvalue weighted by Gasteiger charge is 2.32. The Kier molecular flexibility index (Phi) is 11.9. The van der Waals surface area contributed by atoms with Gasteiger partial charge in [-0.2, -0.15) is 0 Å². The zero-order chi connectivity index (χ0) is 31.8. The highest BCUT2D eigenvalue weighted by molar-refractivity contribution is 7.92. The van der Waals surface area contributed by atoms with Gasteiger partial charge < -0.3 is 15.0 Å². The van der Waals surface area contributed by atoms with E-state index in [9.17, 15) is 18.0 Å². The number of ether oxygens (including phenoxy) is 1. The van der Waals surface area contributed by atoms with Gasteiger partial charge in [0.2, 0.25) is 21.8 Å². The topological polar surface area (TPSA) is 96.0 Å². The largest absolute Gasteiger partial charge is 0.495 e. The summed E-state index contributed by atoms with van der Waals surface area (Å²) in [6.07, 6.45) is 1.64. The predicted octanol–water partition coefficient (Wildman–Crippen LogP) is 6.10. The van der Waals surface area contributed by atoms with Crippen molar-refractivity contribution in [2.24, 2.45) is 0 Å². The number of carbonyl (C=O) groups excluding carboxylic acids is 2. The van der Waals surface area contributed by atoms with Crippen molar-refractivity contribution < 1.29 is 22.7 Å². The molecule has 1 N–H and O–H groups in total. The van der Waals surface area contributed by atoms with Crippen molar-refractivity contribution in [1.82, 2.24) is 10.2 Å². The first-order valence-electron chi connectivity index (χ1n) is 13.9. The molecule has 43 heavy (non-hydrogen) atoms. The van der Waals surface area contributed by atoms with Crippen LogP contribution in [-0.2, 0) is 32.6 Å². The average molecular weight is 649 g/mol. The van der Waals surface area contributed by atoms with Crippen LogP contribution in [-0.4, -0.2) is 56.6 Å². The van der Waals surface area contributed by atoms with Crippen molar-refractivity contribution in [2.75, 3.05) is 24.2 Å². The number of methoxy groups -OCH3 is 1. The number of sulfonamides is 1. The van der Waals surface area contributed by atoms with Crippen LogP contribution in [0.3, 0.4) is 0 Å². The SMILES string of the molecule is COc1ccc(N(CCCC(=O)N(Cc2ccc(Cl)cc2)[C@@H](Cc2ccccc2)C(=O)NC(C)(C)C)S(C)(=O)=O)cc1Cl. The van der Waals surface area contributed by atoms with Crippen molar-refractivity contribution in [3.05, 3.63) is 94.0 Å². The molecule has 1 atom stereocenters. The van der Waals surface area contributed by atoms with Crippen LogP contribution in [0.15, 0.2) is 72.8 Å². The molecule has 2 amide bonds. The van der Waals surface area contributed by atoms with Gasteiger partial charge in [0.15, 0.2) is 0 Å². The van der Waals surface area contributed by atoms with Crippen LogP contribution in [0.5, 0.6) is 5.75 Å². The van der Waals surface area contributed by atoms with Crippen LogP contribution in [0.4, 0.5) is 5.69 Å². The molecule has 0 saturated carbocycles. The monoisotopic (exact) mass is 647 g/mol. The lowest BCUT2D eigenvalue weighted by Crippen LogP contribution is -2.54. The van der Waals surface area contributed by atoms with Crippen LogP contribution < -0.4 is 14.4 Å². The van der Waals surface area contributed by atoms with Gasteiger partial charge in [0.25, 0.3) is 0 Å². The number of nitrogens with one attached hydrogen (secondary N) is 1. The Balaban J connectivity index is 1.90. The Morgan fingerprint density at radius 3 is 2.16 bits per heavy atom. The van der Waals surface area contributed by atoms with E-state index in [1.807, 2.05) is 63.2 Å². The Labute approximate surface area is 265 Å². The fraction of sp³-hybridized carbons (Fsp3) is 0.375. The summed E-state index contributed by atoms with van der Waals surface area (Å²) in [5.74, 6) is -0.129. The van der Waals surface area contributed by atoms with Gasteiger partial charge in [-0.1, -0.05) is 65.7 Å². The van der Waals surface area contributed by atoms with Crippen LogP contribution in [0.2, 0.25) is 10.0 Å². The minimum Gasteiger partial charge on any atom is -0.495 e. The first-order valence-corrected chi connectivity index (χ1v) is 16.5. The second-order valence-corrected chi connectivity index (χ2v) is 14.1. The number of benzene rings is 3. The predicted molar refractivity (Wildman–Crippen MR) is 173 cm³/mol. The van der Waals surface area contributed by atoms with E-state index in [4.69, 9.17) is 27.9 Å². The van der Waals surface area contributed by atoms with Gasteiger partial charge >= 0.3 is 0 Å². The molecule has 0 aliphatic carbocycles. The summed E-state index contributed by atoms with van der Waals surface area (Å²) in [5.41, 5.74) is 1.57. The summed E-state index contributed by atoms with van der Waals surface area (Å²) >= 11 is 12.4. The van der Waals surface area contributed by atoms with Gasteiger partial charge in [-0.05, 0) is 68.7 Å². The lowest BCUT2D eigenvalue weighted by molar-refractivity contribution is -0.142. The zero-order valence-electron chi connectivity index (χ0n) is 25.1. The number of halogens is 2. The van der Waals surface area contributed by atoms with E-state index in [0.717, 1.165) is 17.4 Å². The average Bonchev–Trinajstić information content (AvgIpc) is 2.92. The van der Waals surface area contributed by atoms with Gasteiger partial charge in [0.1, 0.15) is 11.8 Å². The molecule has 0 aromatic heterocycles. The smallest absolute Gasteiger partial charge is 0.243 e. The molecule has 0 bridgehead atoms. The molecule has 3 aromatic carbocycles. The molecule has 0 aliphatic heterocycles. The molecule has 11 heteroatoms. The van der Waals surface area contributed by atoms with Crippen molar-refractivity contribution >= 4 is 50.7 Å². The number of anilines is 1. The first kappa shape index (κ1) is 34.2. The molecular weight excluding hydrogens is 609 g/mol. The Morgan fingerprint density at radius 1 is 0.953 bits per heavy atom. The molecule has 0 saturated heterocycles. The molecule has 0 unspecified atom stereocenters. The second kappa shape index (κ2) is 14.9. The summed E-state index contributed by atoms with van der Waals surface area (Å²) < 4.78 is 31.8. The molecule has 232 valence electrons. The minimum atomic E-state index is -3.68. The van der Waals surface area contributed by atoms with Gasteiger partial charge in [-0.15, -0.1) is 0 Å². The van der Waals surface area contributed by atoms with Gasteiger partial charge in [-0.25, -0.2) is 8.42 Å². The number of carbonyl (C=O) groups is 2. The molecular formula is C32H39Cl2N3O5S. The highest BCUT2D eigenvalue weighted by Crippen LogP contribution is 2.30. The Bertz CT molecular complexity index is 1490. The van der Waals surface area contributed by atoms with E-state index in [1.165, 1.54) is 17.5 Å². The first-order chi connectivity index (χ1) is 20.2. The molecule has 0 spiro atoms. The van der Waals surface area contributed by atoms with E-state index < -0.39 is 21.6 Å². The Hall–Kier alpha value is -3.27. The number of nitrogens with zero attached hydrogens (tertiary/aromatic N) is 2. The third kappa shape index (κ3) is 10.4. The van der Waals surface area contributed by atoms with Crippen molar-refractivity contribution in [3.8, 4) is 5.75 Å². The zero-order valence-corrected chi connectivity index (χ0v) is 27.5. The fourth-order valence-corrected chi connectivity index (χ4v) is 5.94. The van der Waals surface area contributed by atoms with Crippen LogP contribution in [0.25, 0.3) is 0 Å². The van der Waals surface area contributed by atoms with Crippen molar-refractivity contribution in [3.63, 3.8) is 0 Å². The lowest BCUT2D eigenvalue weighted by Gasteiger charge is -2.34. The van der Waals surface area contributed by atoms with E-state index >= 15 is 0 Å². The molecule has 3 rings (SSSR count). The quantitative estimate of drug-likeness (QED) is 0.242. The van der Waals surface area contributed by atoms with E-state index in [2.05, 4.69) is 5.32 Å². The number of hydrogen-bond acceptors (Lipinski definition) is 5. The highest BCUT2D eigenvalue weighted by atomic mass is 35.5. The maximum atomic E-state index is 13.9. The lowest BCUT2D eigenvalue weighted by atomic mass is 10.00. The van der Waals surface area contributed by atoms with Crippen molar-refractivity contribution in [1.29, 1.82) is 0 Å². The standard InChI is InChI=1S/C32H39Cl2N3O5S/c1-32(2,3)35-31(39)28(20-23-10-7-6-8-11-23)36(22-24-13-15-25(33)16-14-24)30(38)12-9-19-37(43(5,40)41)26-17-18-29(42-4)27(34)21-26/h6-8,10-11,13-18,21,28H,9,12,19-20,22H2,1-5H3,(H,35,39)/t28-/m0/s1. The maximum Gasteiger partial charge on any atom is 0.243 e. The maximum absolute atomic E-state index is 13.9. The van der Waals surface area contributed by atoms with Crippen LogP contribution in [0.1, 0.15) is 44.7 Å². The third-order valence-electron chi connectivity index (χ3n) is 6.61. The number of rotatable bonds is 13. The molecule has 0 aliphatic rings. The molecule has 0 fully saturated rings. The molecule has 8 nitrogen and oxygen atoms in total. The summed E-state index contributed by atoms with van der Waals surface area (Å²) in [6, 6.07) is 20.6. The van der Waals surface area contributed by atoms with E-state index in [-0.39, 0.29) is 42.8 Å². The third-order valence-corrected chi connectivity index (χ3v) is 8.35. The van der Waals surface area contributed by atoms with Crippen molar-refractivity contribution in [2.45, 2.75) is 58.2 Å². The summed E-state index contributed by atoms with van der Waals surface area (Å²) in [5, 5.41) is 3.87. The van der Waals surface area contributed by atoms with E-state index in [0.29, 0.717) is 22.9 Å². The fourth-order valence-electron chi connectivity index (χ4n) is 4.61. The van der Waals surface area contributed by atoms with Gasteiger partial charge in [0, 0.05) is 36.5 Å². The summed E-state index contributed by atoms with van der Waals surface area (Å²) in [6.45, 7) is 5.89. The normalized spacial score (nSPS) is 12.3. The molecule has 0 radical (unpaired) electrons. The van der Waals surface area contributed by atoms with Crippen LogP contribution >= 0.6 is 23.2 Å². The van der Waals surface area contributed by atoms with Gasteiger partial charge in [0.05, 0.1) is 24.1 Å². The number of amides is 2. The summed E-state index contributed by atoms with van der Waals surface area (Å²) in [7, 11) is -2.21. The van der Waals surface area contributed by atoms with Gasteiger partial charge in [-0.3, -0.25) is 13.9 Å². The van der Waals surface area contributed by atoms with E-state index in [1.54, 1.807) is 29.2 Å². The minimum absolute atomic E-state index is 0.0115. The van der Waals surface area contributed by atoms with Crippen LogP contribution in [0, 0.1) is 0 Å². The summed E-state index contributed by atoms with van der Waals surface area (Å²) in [4.78, 5) is 29.2. The second-order valence-electron chi connectivity index (χ2n) is 11.4.